The molecule has 1 N–H and O–H groups in total. The molecule has 4 rings (SSSR count). The van der Waals surface area contributed by atoms with Crippen molar-refractivity contribution >= 4 is 6.03 Å². The number of alkyl halides is 3. The number of halogens is 3. The number of carbonyl (C=O) groups excluding carboxylic acids is 1. The minimum absolute atomic E-state index is 0.278. The zero-order valence-corrected chi connectivity index (χ0v) is 19.9. The van der Waals surface area contributed by atoms with Crippen molar-refractivity contribution in [2.24, 2.45) is 0 Å². The number of hydrogen-bond acceptors (Lipinski definition) is 5. The minimum Gasteiger partial charge on any atom is -0.497 e. The van der Waals surface area contributed by atoms with E-state index < -0.39 is 12.4 Å². The van der Waals surface area contributed by atoms with E-state index in [-0.39, 0.29) is 11.8 Å². The predicted molar refractivity (Wildman–Crippen MR) is 124 cm³/mol. The van der Waals surface area contributed by atoms with Crippen LogP contribution < -0.4 is 19.5 Å². The second-order valence-corrected chi connectivity index (χ2v) is 8.65. The Balaban J connectivity index is 1.67. The van der Waals surface area contributed by atoms with Gasteiger partial charge in [0.2, 0.25) is 0 Å². The highest BCUT2D eigenvalue weighted by molar-refractivity contribution is 5.76. The van der Waals surface area contributed by atoms with Crippen LogP contribution in [0, 0.1) is 0 Å². The monoisotopic (exact) mass is 493 g/mol. The molecule has 1 unspecified atom stereocenters. The van der Waals surface area contributed by atoms with Crippen molar-refractivity contribution in [2.45, 2.75) is 31.7 Å². The normalized spacial score (nSPS) is 18.2. The number of ether oxygens (including phenoxy) is 3. The van der Waals surface area contributed by atoms with E-state index in [1.807, 2.05) is 6.07 Å². The first-order chi connectivity index (χ1) is 16.8. The molecule has 2 aliphatic rings. The number of fused-ring (bicyclic) bond motifs is 1. The zero-order chi connectivity index (χ0) is 25.0. The summed E-state index contributed by atoms with van der Waals surface area (Å²) in [5.41, 5.74) is 2.12. The van der Waals surface area contributed by atoms with Gasteiger partial charge in [-0.25, -0.2) is 4.79 Å². The summed E-state index contributed by atoms with van der Waals surface area (Å²) in [7, 11) is 3.07. The van der Waals surface area contributed by atoms with Crippen LogP contribution in [0.3, 0.4) is 0 Å². The molecule has 2 aromatic rings. The van der Waals surface area contributed by atoms with Crippen molar-refractivity contribution < 1.29 is 32.2 Å². The Bertz CT molecular complexity index is 1020. The number of rotatable bonds is 7. The topological polar surface area (TPSA) is 63.3 Å². The highest BCUT2D eigenvalue weighted by Gasteiger charge is 2.36. The molecule has 2 amide bonds. The second kappa shape index (κ2) is 10.6. The van der Waals surface area contributed by atoms with Crippen molar-refractivity contribution in [1.82, 2.24) is 15.1 Å². The molecule has 2 aromatic carbocycles. The average molecular weight is 494 g/mol. The Morgan fingerprint density at radius 1 is 1.06 bits per heavy atom. The van der Waals surface area contributed by atoms with Gasteiger partial charge in [0.1, 0.15) is 17.2 Å². The first kappa shape index (κ1) is 25.0. The number of likely N-dealkylation sites (tertiary alicyclic amines) is 1. The summed E-state index contributed by atoms with van der Waals surface area (Å²) >= 11 is 0. The molecule has 1 fully saturated rings. The van der Waals surface area contributed by atoms with Crippen LogP contribution in [0.25, 0.3) is 0 Å². The van der Waals surface area contributed by atoms with Crippen LogP contribution in [-0.4, -0.2) is 69.1 Å². The van der Waals surface area contributed by atoms with Crippen molar-refractivity contribution in [3.8, 4) is 17.2 Å². The first-order valence-corrected chi connectivity index (χ1v) is 11.7. The van der Waals surface area contributed by atoms with Crippen molar-refractivity contribution in [1.29, 1.82) is 0 Å². The van der Waals surface area contributed by atoms with Gasteiger partial charge in [-0.15, -0.1) is 13.2 Å². The van der Waals surface area contributed by atoms with E-state index >= 15 is 0 Å². The lowest BCUT2D eigenvalue weighted by molar-refractivity contribution is -0.274. The molecule has 190 valence electrons. The first-order valence-electron chi connectivity index (χ1n) is 11.7. The third kappa shape index (κ3) is 5.93. The number of benzene rings is 2. The number of nitrogens with zero attached hydrogens (tertiary/aromatic N) is 2. The van der Waals surface area contributed by atoms with Gasteiger partial charge in [-0.2, -0.15) is 0 Å². The molecule has 0 saturated carbocycles. The molecule has 0 aliphatic carbocycles. The predicted octanol–water partition coefficient (Wildman–Crippen LogP) is 4.36. The summed E-state index contributed by atoms with van der Waals surface area (Å²) in [6.45, 7) is 3.69. The van der Waals surface area contributed by atoms with Crippen LogP contribution in [0.5, 0.6) is 17.2 Å². The fourth-order valence-corrected chi connectivity index (χ4v) is 4.86. The Hall–Kier alpha value is -3.14. The number of urea groups is 1. The molecule has 1 atom stereocenters. The third-order valence-electron chi connectivity index (χ3n) is 6.44. The van der Waals surface area contributed by atoms with Gasteiger partial charge in [0, 0.05) is 31.3 Å². The van der Waals surface area contributed by atoms with E-state index in [2.05, 4.69) is 15.0 Å². The Labute approximate surface area is 202 Å². The molecule has 35 heavy (non-hydrogen) atoms. The summed E-state index contributed by atoms with van der Waals surface area (Å²) < 4.78 is 53.9. The maximum Gasteiger partial charge on any atom is 0.573 e. The standard InChI is InChI=1S/C25H30F3N3O4/c1-33-20-14-17-8-12-31(24(32)29-9-13-30-10-3-4-11-30)23(22(17)21(16-20)34-2)18-6-5-7-19(15-18)35-25(26,27)28/h5-7,14-16,23H,3-4,8-13H2,1-2H3,(H,29,32). The molecule has 7 nitrogen and oxygen atoms in total. The lowest BCUT2D eigenvalue weighted by atomic mass is 9.87. The second-order valence-electron chi connectivity index (χ2n) is 8.65. The molecular weight excluding hydrogens is 463 g/mol. The van der Waals surface area contributed by atoms with E-state index in [1.54, 1.807) is 24.1 Å². The van der Waals surface area contributed by atoms with Crippen LogP contribution in [0.2, 0.25) is 0 Å². The van der Waals surface area contributed by atoms with Crippen LogP contribution >= 0.6 is 0 Å². The lowest BCUT2D eigenvalue weighted by Gasteiger charge is -2.38. The van der Waals surface area contributed by atoms with Gasteiger partial charge >= 0.3 is 12.4 Å². The summed E-state index contributed by atoms with van der Waals surface area (Å²) in [5.74, 6) is 0.766. The molecule has 0 aromatic heterocycles. The van der Waals surface area contributed by atoms with E-state index in [1.165, 1.54) is 38.2 Å². The third-order valence-corrected chi connectivity index (χ3v) is 6.44. The van der Waals surface area contributed by atoms with Crippen LogP contribution in [0.15, 0.2) is 36.4 Å². The van der Waals surface area contributed by atoms with Crippen LogP contribution in [0.1, 0.15) is 35.6 Å². The molecule has 0 radical (unpaired) electrons. The molecule has 2 aliphatic heterocycles. The average Bonchev–Trinajstić information content (AvgIpc) is 3.35. The highest BCUT2D eigenvalue weighted by Crippen LogP contribution is 2.43. The largest absolute Gasteiger partial charge is 0.573 e. The van der Waals surface area contributed by atoms with Gasteiger partial charge in [0.15, 0.2) is 0 Å². The van der Waals surface area contributed by atoms with Gasteiger partial charge < -0.3 is 29.3 Å². The van der Waals surface area contributed by atoms with Gasteiger partial charge in [0.25, 0.3) is 0 Å². The maximum atomic E-state index is 13.3. The van der Waals surface area contributed by atoms with Crippen molar-refractivity contribution in [2.75, 3.05) is 46.9 Å². The molecule has 2 heterocycles. The zero-order valence-electron chi connectivity index (χ0n) is 19.9. The van der Waals surface area contributed by atoms with E-state index in [0.717, 1.165) is 30.8 Å². The quantitative estimate of drug-likeness (QED) is 0.621. The number of methoxy groups -OCH3 is 2. The molecule has 1 saturated heterocycles. The van der Waals surface area contributed by atoms with Crippen LogP contribution in [-0.2, 0) is 6.42 Å². The molecule has 10 heteroatoms. The molecular formula is C25H30F3N3O4. The van der Waals surface area contributed by atoms with Gasteiger partial charge in [0.05, 0.1) is 20.3 Å². The fraction of sp³-hybridized carbons (Fsp3) is 0.480. The lowest BCUT2D eigenvalue weighted by Crippen LogP contribution is -2.47. The van der Waals surface area contributed by atoms with Crippen molar-refractivity contribution in [3.63, 3.8) is 0 Å². The summed E-state index contributed by atoms with van der Waals surface area (Å²) in [6, 6.07) is 8.40. The van der Waals surface area contributed by atoms with E-state index in [9.17, 15) is 18.0 Å². The summed E-state index contributed by atoms with van der Waals surface area (Å²) in [4.78, 5) is 17.3. The highest BCUT2D eigenvalue weighted by atomic mass is 19.4. The Kier molecular flexibility index (Phi) is 7.59. The smallest absolute Gasteiger partial charge is 0.497 e. The summed E-state index contributed by atoms with van der Waals surface area (Å²) in [6.07, 6.45) is -1.94. The van der Waals surface area contributed by atoms with Gasteiger partial charge in [-0.3, -0.25) is 0 Å². The summed E-state index contributed by atoms with van der Waals surface area (Å²) in [5, 5.41) is 2.99. The molecule has 0 spiro atoms. The van der Waals surface area contributed by atoms with Crippen LogP contribution in [0.4, 0.5) is 18.0 Å². The number of hydrogen-bond donors (Lipinski definition) is 1. The van der Waals surface area contributed by atoms with E-state index in [0.29, 0.717) is 36.6 Å². The SMILES string of the molecule is COc1cc2c(c(OC)c1)C(c1cccc(OC(F)(F)F)c1)N(C(=O)NCCN1CCCC1)CC2. The van der Waals surface area contributed by atoms with E-state index in [4.69, 9.17) is 9.47 Å². The fourth-order valence-electron chi connectivity index (χ4n) is 4.86. The Morgan fingerprint density at radius 3 is 2.51 bits per heavy atom. The molecule has 0 bridgehead atoms. The maximum absolute atomic E-state index is 13.3. The van der Waals surface area contributed by atoms with Crippen molar-refractivity contribution in [3.05, 3.63) is 53.1 Å². The number of amides is 2. The minimum atomic E-state index is -4.82. The number of carbonyl (C=O) groups is 1. The Morgan fingerprint density at radius 2 is 1.83 bits per heavy atom. The number of nitrogens with one attached hydrogen (secondary N) is 1. The van der Waals surface area contributed by atoms with Gasteiger partial charge in [-0.05, 0) is 61.7 Å². The van der Waals surface area contributed by atoms with Gasteiger partial charge in [-0.1, -0.05) is 12.1 Å².